The van der Waals surface area contributed by atoms with Crippen molar-refractivity contribution >= 4 is 23.2 Å². The first kappa shape index (κ1) is 19.9. The van der Waals surface area contributed by atoms with E-state index in [1.165, 1.54) is 37.1 Å². The second-order valence-electron chi connectivity index (χ2n) is 7.20. The number of nitrogens with one attached hydrogen (secondary N) is 2. The summed E-state index contributed by atoms with van der Waals surface area (Å²) in [5.74, 6) is -0.219. The second kappa shape index (κ2) is 9.92. The van der Waals surface area contributed by atoms with E-state index >= 15 is 0 Å². The molecule has 1 fully saturated rings. The average molecular weight is 366 g/mol. The number of carbonyl (C=O) groups is 2. The smallest absolute Gasteiger partial charge is 0.262 e. The number of amides is 2. The summed E-state index contributed by atoms with van der Waals surface area (Å²) in [7, 11) is 0. The van der Waals surface area contributed by atoms with Gasteiger partial charge in [-0.05, 0) is 50.1 Å². The predicted octanol–water partition coefficient (Wildman–Crippen LogP) is 2.88. The van der Waals surface area contributed by atoms with Gasteiger partial charge in [0.2, 0.25) is 5.91 Å². The Morgan fingerprint density at radius 1 is 1.36 bits per heavy atom. The van der Waals surface area contributed by atoms with Crippen molar-refractivity contribution in [1.82, 2.24) is 15.5 Å². The topological polar surface area (TPSA) is 61.4 Å². The van der Waals surface area contributed by atoms with Gasteiger partial charge in [0.15, 0.2) is 0 Å². The van der Waals surface area contributed by atoms with Gasteiger partial charge in [-0.1, -0.05) is 26.3 Å². The lowest BCUT2D eigenvalue weighted by atomic mass is 10.0. The normalized spacial score (nSPS) is 19.6. The zero-order valence-electron chi connectivity index (χ0n) is 15.6. The summed E-state index contributed by atoms with van der Waals surface area (Å²) in [5, 5.41) is 7.72. The van der Waals surface area contributed by atoms with E-state index in [1.54, 1.807) is 6.07 Å². The fraction of sp³-hybridized carbons (Fsp3) is 0.684. The van der Waals surface area contributed by atoms with Gasteiger partial charge in [0.25, 0.3) is 5.91 Å². The first-order valence-corrected chi connectivity index (χ1v) is 10.2. The van der Waals surface area contributed by atoms with E-state index in [4.69, 9.17) is 0 Å². The van der Waals surface area contributed by atoms with Crippen LogP contribution in [0.15, 0.2) is 17.5 Å². The van der Waals surface area contributed by atoms with Gasteiger partial charge in [-0.2, -0.15) is 0 Å². The minimum Gasteiger partial charge on any atom is -0.354 e. The molecule has 0 radical (unpaired) electrons. The second-order valence-corrected chi connectivity index (χ2v) is 8.15. The minimum atomic E-state index is -0.497. The molecule has 1 aliphatic rings. The molecule has 0 spiro atoms. The van der Waals surface area contributed by atoms with Crippen molar-refractivity contribution in [3.05, 3.63) is 22.4 Å². The third-order valence-electron chi connectivity index (χ3n) is 4.84. The van der Waals surface area contributed by atoms with Crippen LogP contribution in [0.4, 0.5) is 0 Å². The Kier molecular flexibility index (Phi) is 7.90. The third kappa shape index (κ3) is 6.12. The number of piperidine rings is 1. The Bertz CT molecular complexity index is 545. The van der Waals surface area contributed by atoms with Gasteiger partial charge in [0.1, 0.15) is 6.04 Å². The lowest BCUT2D eigenvalue weighted by Gasteiger charge is -2.33. The minimum absolute atomic E-state index is 0.0472. The molecule has 2 amide bonds. The molecule has 1 aromatic rings. The molecule has 1 aromatic heterocycles. The Labute approximate surface area is 155 Å². The number of rotatable bonds is 8. The van der Waals surface area contributed by atoms with Crippen molar-refractivity contribution in [2.45, 2.75) is 58.5 Å². The molecule has 2 heterocycles. The maximum absolute atomic E-state index is 12.5. The van der Waals surface area contributed by atoms with Gasteiger partial charge in [-0.25, -0.2) is 0 Å². The van der Waals surface area contributed by atoms with Gasteiger partial charge in [-0.3, -0.25) is 9.59 Å². The van der Waals surface area contributed by atoms with Gasteiger partial charge in [-0.15, -0.1) is 11.3 Å². The highest BCUT2D eigenvalue weighted by molar-refractivity contribution is 7.12. The Hall–Kier alpha value is -1.40. The third-order valence-corrected chi connectivity index (χ3v) is 5.71. The molecule has 2 atom stereocenters. The largest absolute Gasteiger partial charge is 0.354 e. The van der Waals surface area contributed by atoms with E-state index in [0.717, 1.165) is 13.0 Å². The highest BCUT2D eigenvalue weighted by Gasteiger charge is 2.25. The molecular formula is C19H31N3O2S. The van der Waals surface area contributed by atoms with Crippen LogP contribution in [0, 0.1) is 5.92 Å². The maximum atomic E-state index is 12.5. The summed E-state index contributed by atoms with van der Waals surface area (Å²) in [4.78, 5) is 27.8. The fourth-order valence-electron chi connectivity index (χ4n) is 3.25. The van der Waals surface area contributed by atoms with E-state index < -0.39 is 6.04 Å². The molecule has 1 aliphatic heterocycles. The van der Waals surface area contributed by atoms with Gasteiger partial charge < -0.3 is 15.5 Å². The van der Waals surface area contributed by atoms with Crippen LogP contribution in [0.3, 0.4) is 0 Å². The molecule has 25 heavy (non-hydrogen) atoms. The lowest BCUT2D eigenvalue weighted by Crippen LogP contribution is -2.50. The fourth-order valence-corrected chi connectivity index (χ4v) is 3.88. The predicted molar refractivity (Wildman–Crippen MR) is 103 cm³/mol. The first-order valence-electron chi connectivity index (χ1n) is 9.35. The van der Waals surface area contributed by atoms with Crippen LogP contribution in [-0.4, -0.2) is 48.4 Å². The number of nitrogens with zero attached hydrogens (tertiary/aromatic N) is 1. The van der Waals surface area contributed by atoms with Crippen LogP contribution in [0.2, 0.25) is 0 Å². The summed E-state index contributed by atoms with van der Waals surface area (Å²) in [6.07, 6.45) is 4.82. The molecule has 2 rings (SSSR count). The van der Waals surface area contributed by atoms with Crippen LogP contribution >= 0.6 is 11.3 Å². The highest BCUT2D eigenvalue weighted by Crippen LogP contribution is 2.16. The Morgan fingerprint density at radius 3 is 2.80 bits per heavy atom. The van der Waals surface area contributed by atoms with Crippen LogP contribution in [0.5, 0.6) is 0 Å². The van der Waals surface area contributed by atoms with Crippen LogP contribution in [-0.2, 0) is 4.79 Å². The molecule has 0 aliphatic carbocycles. The van der Waals surface area contributed by atoms with Crippen LogP contribution < -0.4 is 10.6 Å². The number of carbonyl (C=O) groups excluding carboxylic acids is 2. The lowest BCUT2D eigenvalue weighted by molar-refractivity contribution is -0.123. The van der Waals surface area contributed by atoms with Crippen molar-refractivity contribution < 1.29 is 9.59 Å². The van der Waals surface area contributed by atoms with Crippen LogP contribution in [0.25, 0.3) is 0 Å². The first-order chi connectivity index (χ1) is 12.0. The average Bonchev–Trinajstić information content (AvgIpc) is 3.12. The molecule has 6 heteroatoms. The van der Waals surface area contributed by atoms with E-state index in [9.17, 15) is 9.59 Å². The zero-order valence-corrected chi connectivity index (χ0v) is 16.4. The Morgan fingerprint density at radius 2 is 2.16 bits per heavy atom. The van der Waals surface area contributed by atoms with Gasteiger partial charge in [0.05, 0.1) is 4.88 Å². The van der Waals surface area contributed by atoms with Crippen molar-refractivity contribution in [3.8, 4) is 0 Å². The molecule has 2 N–H and O–H groups in total. The van der Waals surface area contributed by atoms with Gasteiger partial charge >= 0.3 is 0 Å². The van der Waals surface area contributed by atoms with Crippen molar-refractivity contribution in [1.29, 1.82) is 0 Å². The molecule has 0 aromatic carbocycles. The highest BCUT2D eigenvalue weighted by atomic mass is 32.1. The summed E-state index contributed by atoms with van der Waals surface area (Å²) in [6, 6.07) is 3.77. The van der Waals surface area contributed by atoms with E-state index in [2.05, 4.69) is 22.5 Å². The monoisotopic (exact) mass is 365 g/mol. The molecular weight excluding hydrogens is 334 g/mol. The summed E-state index contributed by atoms with van der Waals surface area (Å²) in [6.45, 7) is 9.03. The van der Waals surface area contributed by atoms with Crippen molar-refractivity contribution in [3.63, 3.8) is 0 Å². The van der Waals surface area contributed by atoms with Gasteiger partial charge in [0, 0.05) is 19.1 Å². The molecule has 0 bridgehead atoms. The molecule has 140 valence electrons. The van der Waals surface area contributed by atoms with Crippen molar-refractivity contribution in [2.24, 2.45) is 5.92 Å². The number of hydrogen-bond donors (Lipinski definition) is 2. The Balaban J connectivity index is 1.75. The van der Waals surface area contributed by atoms with E-state index in [1.807, 2.05) is 25.3 Å². The van der Waals surface area contributed by atoms with Crippen molar-refractivity contribution in [2.75, 3.05) is 19.6 Å². The molecule has 2 unspecified atom stereocenters. The summed E-state index contributed by atoms with van der Waals surface area (Å²) in [5.41, 5.74) is 0. The standard InChI is InChI=1S/C19H31N3O2S/c1-14(2)17(21-18(23)16-9-6-13-25-16)19(24)20-10-7-12-22-11-5-4-8-15(22)3/h6,9,13-15,17H,4-5,7-8,10-12H2,1-3H3,(H,20,24)(H,21,23). The summed E-state index contributed by atoms with van der Waals surface area (Å²) >= 11 is 1.38. The maximum Gasteiger partial charge on any atom is 0.262 e. The van der Waals surface area contributed by atoms with E-state index in [0.29, 0.717) is 17.5 Å². The molecule has 5 nitrogen and oxygen atoms in total. The number of likely N-dealkylation sites (tertiary alicyclic amines) is 1. The molecule has 1 saturated heterocycles. The number of hydrogen-bond acceptors (Lipinski definition) is 4. The zero-order chi connectivity index (χ0) is 18.2. The number of thiophene rings is 1. The SMILES string of the molecule is CC(C)C(NC(=O)c1cccs1)C(=O)NCCCN1CCCCC1C. The van der Waals surface area contributed by atoms with Crippen LogP contribution in [0.1, 0.15) is 56.1 Å². The summed E-state index contributed by atoms with van der Waals surface area (Å²) < 4.78 is 0. The van der Waals surface area contributed by atoms with E-state index in [-0.39, 0.29) is 17.7 Å². The quantitative estimate of drug-likeness (QED) is 0.697. The molecule has 0 saturated carbocycles.